The van der Waals surface area contributed by atoms with Crippen molar-refractivity contribution in [3.63, 3.8) is 0 Å². The number of hydrogen-bond donors (Lipinski definition) is 0. The third-order valence-electron chi connectivity index (χ3n) is 4.67. The highest BCUT2D eigenvalue weighted by molar-refractivity contribution is 5.77. The van der Waals surface area contributed by atoms with Crippen LogP contribution in [0.25, 0.3) is 11.0 Å². The summed E-state index contributed by atoms with van der Waals surface area (Å²) < 4.78 is 5.97. The standard InChI is InChI=1S/C20H23N3O/c1-2-7-20-18(6-1)13-19(24-20)16-23-10-4-9-22(11-12-23)15-17-5-3-8-21-14-17/h1-3,5-8,13-14H,4,9-12,15-16H2. The third-order valence-corrected chi connectivity index (χ3v) is 4.67. The van der Waals surface area contributed by atoms with Gasteiger partial charge in [0.25, 0.3) is 0 Å². The van der Waals surface area contributed by atoms with Crippen molar-refractivity contribution in [1.82, 2.24) is 14.8 Å². The van der Waals surface area contributed by atoms with Crippen LogP contribution in [0.15, 0.2) is 59.3 Å². The Balaban J connectivity index is 1.36. The second kappa shape index (κ2) is 7.16. The van der Waals surface area contributed by atoms with E-state index in [0.717, 1.165) is 50.6 Å². The number of nitrogens with zero attached hydrogens (tertiary/aromatic N) is 3. The van der Waals surface area contributed by atoms with Gasteiger partial charge in [0.05, 0.1) is 6.54 Å². The molecule has 0 unspecified atom stereocenters. The number of rotatable bonds is 4. The van der Waals surface area contributed by atoms with Gasteiger partial charge >= 0.3 is 0 Å². The number of hydrogen-bond acceptors (Lipinski definition) is 4. The number of para-hydroxylation sites is 1. The molecule has 4 heteroatoms. The Labute approximate surface area is 142 Å². The second-order valence-corrected chi connectivity index (χ2v) is 6.52. The molecule has 4 nitrogen and oxygen atoms in total. The van der Waals surface area contributed by atoms with Crippen LogP contribution in [0, 0.1) is 0 Å². The lowest BCUT2D eigenvalue weighted by Gasteiger charge is -2.21. The van der Waals surface area contributed by atoms with E-state index >= 15 is 0 Å². The number of pyridine rings is 1. The molecule has 0 aliphatic carbocycles. The molecule has 0 radical (unpaired) electrons. The molecule has 1 aromatic carbocycles. The molecular weight excluding hydrogens is 298 g/mol. The molecule has 1 aliphatic rings. The smallest absolute Gasteiger partial charge is 0.134 e. The van der Waals surface area contributed by atoms with Crippen molar-refractivity contribution < 1.29 is 4.42 Å². The first-order chi connectivity index (χ1) is 11.9. The van der Waals surface area contributed by atoms with Gasteiger partial charge in [0.1, 0.15) is 11.3 Å². The summed E-state index contributed by atoms with van der Waals surface area (Å²) >= 11 is 0. The zero-order valence-corrected chi connectivity index (χ0v) is 13.9. The monoisotopic (exact) mass is 321 g/mol. The lowest BCUT2D eigenvalue weighted by atomic mass is 10.2. The fraction of sp³-hybridized carbons (Fsp3) is 0.350. The van der Waals surface area contributed by atoms with E-state index in [1.54, 1.807) is 0 Å². The molecular formula is C20H23N3O. The summed E-state index contributed by atoms with van der Waals surface area (Å²) in [6.45, 7) is 6.33. The lowest BCUT2D eigenvalue weighted by Crippen LogP contribution is -2.30. The number of fused-ring (bicyclic) bond motifs is 1. The van der Waals surface area contributed by atoms with Crippen molar-refractivity contribution in [3.05, 3.63) is 66.2 Å². The quantitative estimate of drug-likeness (QED) is 0.736. The number of benzene rings is 1. The topological polar surface area (TPSA) is 32.5 Å². The van der Waals surface area contributed by atoms with Gasteiger partial charge in [-0.15, -0.1) is 0 Å². The summed E-state index contributed by atoms with van der Waals surface area (Å²) in [6, 6.07) is 14.6. The first kappa shape index (κ1) is 15.4. The van der Waals surface area contributed by atoms with E-state index in [9.17, 15) is 0 Å². The van der Waals surface area contributed by atoms with Crippen LogP contribution in [0.3, 0.4) is 0 Å². The van der Waals surface area contributed by atoms with Gasteiger partial charge in [0.2, 0.25) is 0 Å². The van der Waals surface area contributed by atoms with E-state index in [2.05, 4.69) is 39.0 Å². The van der Waals surface area contributed by atoms with Crippen molar-refractivity contribution in [3.8, 4) is 0 Å². The summed E-state index contributed by atoms with van der Waals surface area (Å²) in [5.41, 5.74) is 2.28. The minimum atomic E-state index is 0.898. The van der Waals surface area contributed by atoms with E-state index in [0.29, 0.717) is 0 Å². The van der Waals surface area contributed by atoms with Gasteiger partial charge in [-0.2, -0.15) is 0 Å². The van der Waals surface area contributed by atoms with Gasteiger partial charge < -0.3 is 4.42 Å². The first-order valence-corrected chi connectivity index (χ1v) is 8.68. The summed E-state index contributed by atoms with van der Waals surface area (Å²) in [7, 11) is 0. The zero-order chi connectivity index (χ0) is 16.2. The van der Waals surface area contributed by atoms with Gasteiger partial charge in [0.15, 0.2) is 0 Å². The first-order valence-electron chi connectivity index (χ1n) is 8.68. The normalized spacial score (nSPS) is 17.2. The second-order valence-electron chi connectivity index (χ2n) is 6.52. The molecule has 1 fully saturated rings. The molecule has 124 valence electrons. The van der Waals surface area contributed by atoms with Gasteiger partial charge in [0, 0.05) is 37.4 Å². The van der Waals surface area contributed by atoms with Crippen LogP contribution in [0.1, 0.15) is 17.7 Å². The van der Waals surface area contributed by atoms with E-state index in [1.165, 1.54) is 17.4 Å². The average molecular weight is 321 g/mol. The molecule has 0 atom stereocenters. The van der Waals surface area contributed by atoms with Crippen molar-refractivity contribution in [2.45, 2.75) is 19.5 Å². The summed E-state index contributed by atoms with van der Waals surface area (Å²) in [6.07, 6.45) is 5.00. The van der Waals surface area contributed by atoms with E-state index in [1.807, 2.05) is 30.6 Å². The SMILES string of the molecule is c1cncc(CN2CCCN(Cc3cc4ccccc4o3)CC2)c1. The van der Waals surface area contributed by atoms with E-state index < -0.39 is 0 Å². The van der Waals surface area contributed by atoms with E-state index in [-0.39, 0.29) is 0 Å². The Morgan fingerprint density at radius 1 is 0.917 bits per heavy atom. The van der Waals surface area contributed by atoms with Gasteiger partial charge in [-0.1, -0.05) is 24.3 Å². The predicted molar refractivity (Wildman–Crippen MR) is 95.6 cm³/mol. The molecule has 0 amide bonds. The molecule has 3 heterocycles. The minimum absolute atomic E-state index is 0.898. The van der Waals surface area contributed by atoms with Gasteiger partial charge in [-0.05, 0) is 43.3 Å². The van der Waals surface area contributed by atoms with Gasteiger partial charge in [-0.3, -0.25) is 14.8 Å². The number of furan rings is 1. The Bertz CT molecular complexity index is 751. The van der Waals surface area contributed by atoms with Crippen LogP contribution in [-0.4, -0.2) is 41.0 Å². The van der Waals surface area contributed by atoms with Crippen molar-refractivity contribution >= 4 is 11.0 Å². The highest BCUT2D eigenvalue weighted by Gasteiger charge is 2.16. The van der Waals surface area contributed by atoms with Crippen LogP contribution in [0.4, 0.5) is 0 Å². The molecule has 0 spiro atoms. The van der Waals surface area contributed by atoms with Crippen molar-refractivity contribution in [2.24, 2.45) is 0 Å². The Hall–Kier alpha value is -2.17. The maximum atomic E-state index is 5.97. The fourth-order valence-electron chi connectivity index (χ4n) is 3.43. The van der Waals surface area contributed by atoms with Crippen LogP contribution in [0.2, 0.25) is 0 Å². The summed E-state index contributed by atoms with van der Waals surface area (Å²) in [5.74, 6) is 1.07. The molecule has 2 aromatic heterocycles. The van der Waals surface area contributed by atoms with Crippen LogP contribution >= 0.6 is 0 Å². The van der Waals surface area contributed by atoms with Crippen LogP contribution < -0.4 is 0 Å². The van der Waals surface area contributed by atoms with Gasteiger partial charge in [-0.25, -0.2) is 0 Å². The summed E-state index contributed by atoms with van der Waals surface area (Å²) in [4.78, 5) is 9.24. The predicted octanol–water partition coefficient (Wildman–Crippen LogP) is 3.54. The number of aromatic nitrogens is 1. The molecule has 4 rings (SSSR count). The zero-order valence-electron chi connectivity index (χ0n) is 13.9. The maximum Gasteiger partial charge on any atom is 0.134 e. The fourth-order valence-corrected chi connectivity index (χ4v) is 3.43. The highest BCUT2D eigenvalue weighted by Crippen LogP contribution is 2.20. The Kier molecular flexibility index (Phi) is 4.58. The average Bonchev–Trinajstić information content (AvgIpc) is 2.89. The molecule has 3 aromatic rings. The molecule has 0 N–H and O–H groups in total. The highest BCUT2D eigenvalue weighted by atomic mass is 16.3. The van der Waals surface area contributed by atoms with Crippen molar-refractivity contribution in [1.29, 1.82) is 0 Å². The Morgan fingerprint density at radius 3 is 2.54 bits per heavy atom. The van der Waals surface area contributed by atoms with Crippen molar-refractivity contribution in [2.75, 3.05) is 26.2 Å². The molecule has 24 heavy (non-hydrogen) atoms. The molecule has 0 saturated carbocycles. The van der Waals surface area contributed by atoms with Crippen LogP contribution in [-0.2, 0) is 13.1 Å². The molecule has 0 bridgehead atoms. The Morgan fingerprint density at radius 2 is 1.75 bits per heavy atom. The molecule has 1 saturated heterocycles. The summed E-state index contributed by atoms with van der Waals surface area (Å²) in [5, 5.41) is 1.19. The minimum Gasteiger partial charge on any atom is -0.460 e. The lowest BCUT2D eigenvalue weighted by molar-refractivity contribution is 0.236. The third kappa shape index (κ3) is 3.66. The largest absolute Gasteiger partial charge is 0.460 e. The van der Waals surface area contributed by atoms with Crippen LogP contribution in [0.5, 0.6) is 0 Å². The maximum absolute atomic E-state index is 5.97. The molecule has 1 aliphatic heterocycles. The van der Waals surface area contributed by atoms with E-state index in [4.69, 9.17) is 4.42 Å².